The van der Waals surface area contributed by atoms with Gasteiger partial charge in [0, 0.05) is 40.2 Å². The van der Waals surface area contributed by atoms with Crippen LogP contribution in [-0.4, -0.2) is 23.4 Å². The Morgan fingerprint density at radius 3 is 2.31 bits per heavy atom. The number of benzene rings is 3. The minimum atomic E-state index is -0.202. The normalized spacial score (nSPS) is 20.2. The molecule has 2 aliphatic rings. The summed E-state index contributed by atoms with van der Waals surface area (Å²) in [5, 5.41) is 7.56. The third-order valence-electron chi connectivity index (χ3n) is 8.39. The molecule has 0 aromatic heterocycles. The van der Waals surface area contributed by atoms with Gasteiger partial charge < -0.3 is 15.5 Å². The van der Waals surface area contributed by atoms with Crippen LogP contribution < -0.4 is 10.6 Å². The highest BCUT2D eigenvalue weighted by atomic mass is 35.5. The lowest BCUT2D eigenvalue weighted by atomic mass is 9.82. The Bertz CT molecular complexity index is 1330. The highest BCUT2D eigenvalue weighted by Gasteiger charge is 2.38. The first-order chi connectivity index (χ1) is 18.9. The van der Waals surface area contributed by atoms with E-state index in [2.05, 4.69) is 84.0 Å². The molecule has 4 nitrogen and oxygen atoms in total. The summed E-state index contributed by atoms with van der Waals surface area (Å²) < 4.78 is 0. The Morgan fingerprint density at radius 1 is 0.897 bits per heavy atom. The van der Waals surface area contributed by atoms with E-state index in [-0.39, 0.29) is 17.9 Å². The molecule has 0 radical (unpaired) electrons. The molecule has 1 saturated carbocycles. The number of piperidine rings is 1. The third-order valence-corrected chi connectivity index (χ3v) is 8.80. The maximum absolute atomic E-state index is 13.9. The van der Waals surface area contributed by atoms with Gasteiger partial charge in [0.2, 0.25) is 5.91 Å². The van der Waals surface area contributed by atoms with Crippen molar-refractivity contribution >= 4 is 34.6 Å². The summed E-state index contributed by atoms with van der Waals surface area (Å²) in [5.74, 6) is -0.163. The van der Waals surface area contributed by atoms with Crippen LogP contribution in [0, 0.1) is 19.8 Å². The molecule has 1 aliphatic heterocycles. The van der Waals surface area contributed by atoms with Crippen LogP contribution in [0.5, 0.6) is 0 Å². The van der Waals surface area contributed by atoms with Crippen LogP contribution in [0.15, 0.2) is 72.8 Å². The zero-order valence-corrected chi connectivity index (χ0v) is 24.1. The number of likely N-dealkylation sites (tertiary alicyclic amines) is 1. The monoisotopic (exact) mass is 541 g/mol. The van der Waals surface area contributed by atoms with Crippen molar-refractivity contribution in [3.05, 3.63) is 100 Å². The molecule has 1 amide bonds. The average molecular weight is 542 g/mol. The van der Waals surface area contributed by atoms with E-state index in [1.54, 1.807) is 0 Å². The van der Waals surface area contributed by atoms with E-state index in [0.717, 1.165) is 36.3 Å². The van der Waals surface area contributed by atoms with E-state index < -0.39 is 0 Å². The number of carbonyl (C=O) groups excluding carboxylic acids is 1. The van der Waals surface area contributed by atoms with Crippen molar-refractivity contribution in [2.45, 2.75) is 71.4 Å². The smallest absolute Gasteiger partial charge is 0.229 e. The van der Waals surface area contributed by atoms with Crippen LogP contribution in [0.4, 0.5) is 11.4 Å². The molecule has 2 N–H and O–H groups in total. The molecular formula is C34H40ClN3O. The first kappa shape index (κ1) is 27.3. The Balaban J connectivity index is 1.48. The minimum Gasteiger partial charge on any atom is -0.382 e. The van der Waals surface area contributed by atoms with E-state index in [1.807, 2.05) is 25.1 Å². The summed E-state index contributed by atoms with van der Waals surface area (Å²) >= 11 is 6.38. The number of halogens is 1. The summed E-state index contributed by atoms with van der Waals surface area (Å²) in [6, 6.07) is 23.6. The Kier molecular flexibility index (Phi) is 8.62. The summed E-state index contributed by atoms with van der Waals surface area (Å²) in [4.78, 5) is 16.3. The van der Waals surface area contributed by atoms with Crippen molar-refractivity contribution in [1.29, 1.82) is 0 Å². The quantitative estimate of drug-likeness (QED) is 0.314. The van der Waals surface area contributed by atoms with Crippen LogP contribution in [0.2, 0.25) is 5.02 Å². The second kappa shape index (κ2) is 12.3. The molecule has 2 atom stereocenters. The molecule has 1 aliphatic carbocycles. The van der Waals surface area contributed by atoms with Crippen LogP contribution >= 0.6 is 11.6 Å². The number of aryl methyl sites for hydroxylation is 2. The van der Waals surface area contributed by atoms with Gasteiger partial charge in [0.15, 0.2) is 0 Å². The largest absolute Gasteiger partial charge is 0.382 e. The van der Waals surface area contributed by atoms with Gasteiger partial charge in [0.25, 0.3) is 0 Å². The van der Waals surface area contributed by atoms with E-state index in [4.69, 9.17) is 11.6 Å². The number of allylic oxidation sites excluding steroid dienone is 1. The van der Waals surface area contributed by atoms with Crippen LogP contribution in [0.1, 0.15) is 73.7 Å². The molecule has 0 bridgehead atoms. The fourth-order valence-electron chi connectivity index (χ4n) is 6.28. The maximum Gasteiger partial charge on any atom is 0.229 e. The van der Waals surface area contributed by atoms with Gasteiger partial charge in [-0.15, -0.1) is 0 Å². The molecule has 3 aromatic carbocycles. The van der Waals surface area contributed by atoms with Gasteiger partial charge >= 0.3 is 0 Å². The van der Waals surface area contributed by atoms with Gasteiger partial charge in [0.1, 0.15) is 0 Å². The lowest BCUT2D eigenvalue weighted by Gasteiger charge is -2.44. The number of hydrogen-bond donors (Lipinski definition) is 2. The minimum absolute atomic E-state index is 0.0398. The highest BCUT2D eigenvalue weighted by molar-refractivity contribution is 6.31. The second-order valence-corrected chi connectivity index (χ2v) is 11.5. The van der Waals surface area contributed by atoms with Crippen molar-refractivity contribution in [3.63, 3.8) is 0 Å². The average Bonchev–Trinajstić information content (AvgIpc) is 3.46. The first-order valence-corrected chi connectivity index (χ1v) is 14.7. The van der Waals surface area contributed by atoms with Crippen molar-refractivity contribution in [3.8, 4) is 0 Å². The topological polar surface area (TPSA) is 44.4 Å². The van der Waals surface area contributed by atoms with E-state index >= 15 is 0 Å². The third kappa shape index (κ3) is 6.17. The van der Waals surface area contributed by atoms with E-state index in [1.165, 1.54) is 48.1 Å². The number of carbonyl (C=O) groups is 1. The number of nitrogens with zero attached hydrogens (tertiary/aromatic N) is 1. The lowest BCUT2D eigenvalue weighted by Crippen LogP contribution is -2.42. The van der Waals surface area contributed by atoms with E-state index in [9.17, 15) is 4.79 Å². The van der Waals surface area contributed by atoms with Crippen molar-refractivity contribution in [2.24, 2.45) is 5.92 Å². The zero-order chi connectivity index (χ0) is 27.4. The molecule has 2 unspecified atom stereocenters. The highest BCUT2D eigenvalue weighted by Crippen LogP contribution is 2.42. The van der Waals surface area contributed by atoms with Gasteiger partial charge in [-0.1, -0.05) is 73.0 Å². The number of nitrogens with one attached hydrogen (secondary N) is 2. The van der Waals surface area contributed by atoms with Gasteiger partial charge in [-0.25, -0.2) is 0 Å². The van der Waals surface area contributed by atoms with Crippen LogP contribution in [0.3, 0.4) is 0 Å². The van der Waals surface area contributed by atoms with Crippen molar-refractivity contribution < 1.29 is 4.79 Å². The Hall–Kier alpha value is -3.24. The molecule has 1 saturated heterocycles. The molecular weight excluding hydrogens is 502 g/mol. The van der Waals surface area contributed by atoms with Gasteiger partial charge in [-0.05, 0) is 87.4 Å². The number of rotatable bonds is 7. The van der Waals surface area contributed by atoms with Crippen LogP contribution in [-0.2, 0) is 4.79 Å². The maximum atomic E-state index is 13.9. The molecule has 5 rings (SSSR count). The van der Waals surface area contributed by atoms with Gasteiger partial charge in [-0.3, -0.25) is 4.79 Å². The second-order valence-electron chi connectivity index (χ2n) is 11.1. The van der Waals surface area contributed by atoms with Gasteiger partial charge in [0.05, 0.1) is 12.0 Å². The van der Waals surface area contributed by atoms with Gasteiger partial charge in [-0.2, -0.15) is 0 Å². The number of anilines is 2. The fraction of sp³-hybridized carbons (Fsp3) is 0.382. The fourth-order valence-corrected chi connectivity index (χ4v) is 6.46. The molecule has 0 spiro atoms. The lowest BCUT2D eigenvalue weighted by molar-refractivity contribution is -0.123. The Labute approximate surface area is 238 Å². The van der Waals surface area contributed by atoms with Crippen molar-refractivity contribution in [1.82, 2.24) is 4.90 Å². The predicted molar refractivity (Wildman–Crippen MR) is 164 cm³/mol. The molecule has 3 aromatic rings. The summed E-state index contributed by atoms with van der Waals surface area (Å²) in [6.45, 7) is 7.14. The molecule has 204 valence electrons. The summed E-state index contributed by atoms with van der Waals surface area (Å²) in [7, 11) is 0. The van der Waals surface area contributed by atoms with Crippen molar-refractivity contribution in [2.75, 3.05) is 17.2 Å². The number of amides is 1. The SMILES string of the molecule is C/C=C(/c1ccccc1C)N1CCCC(C(=O)Nc2ccc(C)c(Cl)c2)C1c1ccc(NC2CCCC2)cc1. The van der Waals surface area contributed by atoms with E-state index in [0.29, 0.717) is 11.1 Å². The zero-order valence-electron chi connectivity index (χ0n) is 23.3. The molecule has 5 heteroatoms. The molecule has 2 fully saturated rings. The molecule has 39 heavy (non-hydrogen) atoms. The standard InChI is InChI=1S/C34H40ClN3O/c1-4-32(29-13-8-5-10-23(29)2)38-21-9-14-30(34(39)37-28-18-15-24(3)31(35)22-28)33(38)25-16-19-27(20-17-25)36-26-11-6-7-12-26/h4-5,8,10,13,15-20,22,26,30,33,36H,6-7,9,11-12,14,21H2,1-3H3,(H,37,39)/b32-4-. The Morgan fingerprint density at radius 2 is 1.62 bits per heavy atom. The first-order valence-electron chi connectivity index (χ1n) is 14.4. The predicted octanol–water partition coefficient (Wildman–Crippen LogP) is 8.76. The molecule has 1 heterocycles. The van der Waals surface area contributed by atoms with Crippen LogP contribution in [0.25, 0.3) is 5.70 Å². The summed E-state index contributed by atoms with van der Waals surface area (Å²) in [6.07, 6.45) is 9.08. The number of hydrogen-bond acceptors (Lipinski definition) is 3. The summed E-state index contributed by atoms with van der Waals surface area (Å²) in [5.41, 5.74) is 7.71.